The zero-order chi connectivity index (χ0) is 21.7. The second-order valence-electron chi connectivity index (χ2n) is 7.56. The lowest BCUT2D eigenvalue weighted by atomic mass is 9.97. The van der Waals surface area contributed by atoms with Crippen LogP contribution in [0.15, 0.2) is 36.4 Å². The molecule has 0 saturated heterocycles. The molecule has 1 heterocycles. The molecular formula is C23H28F2N2O3. The van der Waals surface area contributed by atoms with E-state index in [2.05, 4.69) is 22.3 Å². The van der Waals surface area contributed by atoms with Crippen LogP contribution in [0.4, 0.5) is 8.78 Å². The summed E-state index contributed by atoms with van der Waals surface area (Å²) >= 11 is 0. The highest BCUT2D eigenvalue weighted by atomic mass is 19.3. The van der Waals surface area contributed by atoms with Gasteiger partial charge in [-0.1, -0.05) is 30.3 Å². The number of alkyl halides is 2. The second-order valence-corrected chi connectivity index (χ2v) is 7.56. The van der Waals surface area contributed by atoms with Crippen LogP contribution in [0.5, 0.6) is 11.5 Å². The molecule has 1 amide bonds. The third-order valence-electron chi connectivity index (χ3n) is 5.27. The van der Waals surface area contributed by atoms with Crippen LogP contribution in [0.1, 0.15) is 42.1 Å². The highest BCUT2D eigenvalue weighted by Gasteiger charge is 2.23. The van der Waals surface area contributed by atoms with Gasteiger partial charge in [0, 0.05) is 32.1 Å². The summed E-state index contributed by atoms with van der Waals surface area (Å²) in [5, 5.41) is 2.89. The maximum atomic E-state index is 12.5. The summed E-state index contributed by atoms with van der Waals surface area (Å²) in [4.78, 5) is 13.6. The highest BCUT2D eigenvalue weighted by molar-refractivity contribution is 5.73. The third-order valence-corrected chi connectivity index (χ3v) is 5.27. The fourth-order valence-corrected chi connectivity index (χ4v) is 3.84. The lowest BCUT2D eigenvalue weighted by Crippen LogP contribution is -2.30. The van der Waals surface area contributed by atoms with Crippen molar-refractivity contribution in [1.82, 2.24) is 10.2 Å². The van der Waals surface area contributed by atoms with Crippen molar-refractivity contribution in [2.24, 2.45) is 0 Å². The lowest BCUT2D eigenvalue weighted by molar-refractivity contribution is -0.119. The Labute approximate surface area is 176 Å². The number of nitrogens with one attached hydrogen (secondary N) is 1. The van der Waals surface area contributed by atoms with Crippen LogP contribution in [0, 0.1) is 0 Å². The van der Waals surface area contributed by atoms with Crippen molar-refractivity contribution in [3.05, 3.63) is 58.7 Å². The van der Waals surface area contributed by atoms with Crippen LogP contribution in [0.2, 0.25) is 0 Å². The summed E-state index contributed by atoms with van der Waals surface area (Å²) in [6.07, 6.45) is -1.75. The summed E-state index contributed by atoms with van der Waals surface area (Å²) in [5.74, 6) is 0.884. The van der Waals surface area contributed by atoms with Crippen LogP contribution in [0.3, 0.4) is 0 Å². The molecule has 0 aromatic heterocycles. The topological polar surface area (TPSA) is 50.8 Å². The van der Waals surface area contributed by atoms with Gasteiger partial charge in [0.1, 0.15) is 6.61 Å². The summed E-state index contributed by atoms with van der Waals surface area (Å²) < 4.78 is 35.7. The highest BCUT2D eigenvalue weighted by Crippen LogP contribution is 2.37. The van der Waals surface area contributed by atoms with Gasteiger partial charge < -0.3 is 14.8 Å². The van der Waals surface area contributed by atoms with Gasteiger partial charge in [0.25, 0.3) is 6.43 Å². The van der Waals surface area contributed by atoms with E-state index in [1.165, 1.54) is 12.5 Å². The van der Waals surface area contributed by atoms with Gasteiger partial charge in [0.2, 0.25) is 5.91 Å². The molecule has 0 unspecified atom stereocenters. The number of carbonyl (C=O) groups excluding carboxylic acids is 1. The van der Waals surface area contributed by atoms with E-state index >= 15 is 0 Å². The lowest BCUT2D eigenvalue weighted by Gasteiger charge is -2.30. The van der Waals surface area contributed by atoms with E-state index in [0.717, 1.165) is 42.7 Å². The standard InChI is InChI=1S/C23H28F2N2O3/c1-15(26-16(2)28)18-6-4-17(5-7-18)12-27-11-10-20-19(13-27)8-9-21(23(20)29-3)30-14-22(24)25/h4-9,15,22H,10-14H2,1-3H3,(H,26,28)/t15-/m0/s1. The molecule has 1 aliphatic heterocycles. The minimum absolute atomic E-state index is 0.0210. The van der Waals surface area contributed by atoms with Crippen molar-refractivity contribution >= 4 is 5.91 Å². The van der Waals surface area contributed by atoms with E-state index in [4.69, 9.17) is 9.47 Å². The first-order valence-corrected chi connectivity index (χ1v) is 10.1. The van der Waals surface area contributed by atoms with Crippen molar-refractivity contribution in [3.63, 3.8) is 0 Å². The number of hydrogen-bond acceptors (Lipinski definition) is 4. The zero-order valence-corrected chi connectivity index (χ0v) is 17.6. The number of amides is 1. The molecule has 0 spiro atoms. The van der Waals surface area contributed by atoms with Gasteiger partial charge in [-0.05, 0) is 36.1 Å². The van der Waals surface area contributed by atoms with Crippen LogP contribution < -0.4 is 14.8 Å². The Morgan fingerprint density at radius 3 is 2.57 bits per heavy atom. The summed E-state index contributed by atoms with van der Waals surface area (Å²) in [6.45, 7) is 5.24. The van der Waals surface area contributed by atoms with Gasteiger partial charge in [0.15, 0.2) is 11.5 Å². The van der Waals surface area contributed by atoms with Crippen LogP contribution in [-0.2, 0) is 24.3 Å². The number of halogens is 2. The summed E-state index contributed by atoms with van der Waals surface area (Å²) in [7, 11) is 1.54. The molecule has 2 aromatic carbocycles. The quantitative estimate of drug-likeness (QED) is 0.702. The third kappa shape index (κ3) is 5.48. The van der Waals surface area contributed by atoms with Crippen molar-refractivity contribution in [3.8, 4) is 11.5 Å². The molecule has 0 aliphatic carbocycles. The number of carbonyl (C=O) groups is 1. The number of benzene rings is 2. The molecule has 162 valence electrons. The first kappa shape index (κ1) is 22.0. The molecule has 5 nitrogen and oxygen atoms in total. The summed E-state index contributed by atoms with van der Waals surface area (Å²) in [5.41, 5.74) is 4.42. The Balaban J connectivity index is 1.66. The molecule has 2 aromatic rings. The largest absolute Gasteiger partial charge is 0.493 e. The molecular weight excluding hydrogens is 390 g/mol. The van der Waals surface area contributed by atoms with Crippen LogP contribution in [0.25, 0.3) is 0 Å². The number of methoxy groups -OCH3 is 1. The molecule has 1 atom stereocenters. The fourth-order valence-electron chi connectivity index (χ4n) is 3.84. The average Bonchev–Trinajstić information content (AvgIpc) is 2.71. The molecule has 1 aliphatic rings. The Bertz CT molecular complexity index is 871. The molecule has 30 heavy (non-hydrogen) atoms. The van der Waals surface area contributed by atoms with Gasteiger partial charge in [-0.2, -0.15) is 0 Å². The van der Waals surface area contributed by atoms with Gasteiger partial charge in [-0.25, -0.2) is 8.78 Å². The van der Waals surface area contributed by atoms with Crippen LogP contribution in [-0.4, -0.2) is 37.5 Å². The monoisotopic (exact) mass is 418 g/mol. The zero-order valence-electron chi connectivity index (χ0n) is 17.6. The minimum Gasteiger partial charge on any atom is -0.493 e. The van der Waals surface area contributed by atoms with E-state index in [-0.39, 0.29) is 11.9 Å². The van der Waals surface area contributed by atoms with E-state index in [1.807, 2.05) is 25.1 Å². The van der Waals surface area contributed by atoms with Crippen molar-refractivity contribution < 1.29 is 23.0 Å². The maximum Gasteiger partial charge on any atom is 0.272 e. The Kier molecular flexibility index (Phi) is 7.26. The predicted molar refractivity (Wildman–Crippen MR) is 111 cm³/mol. The first-order chi connectivity index (χ1) is 14.4. The van der Waals surface area contributed by atoms with Gasteiger partial charge in [-0.15, -0.1) is 0 Å². The molecule has 3 rings (SSSR count). The number of nitrogens with zero attached hydrogens (tertiary/aromatic N) is 1. The van der Waals surface area contributed by atoms with E-state index in [0.29, 0.717) is 11.5 Å². The van der Waals surface area contributed by atoms with Gasteiger partial charge >= 0.3 is 0 Å². The molecule has 0 radical (unpaired) electrons. The normalized spacial score (nSPS) is 14.9. The maximum absolute atomic E-state index is 12.5. The molecule has 0 bridgehead atoms. The average molecular weight is 418 g/mol. The number of hydrogen-bond donors (Lipinski definition) is 1. The number of fused-ring (bicyclic) bond motifs is 1. The molecule has 7 heteroatoms. The van der Waals surface area contributed by atoms with E-state index in [1.54, 1.807) is 13.2 Å². The molecule has 0 saturated carbocycles. The van der Waals surface area contributed by atoms with Crippen molar-refractivity contribution in [1.29, 1.82) is 0 Å². The van der Waals surface area contributed by atoms with E-state index in [9.17, 15) is 13.6 Å². The summed E-state index contributed by atoms with van der Waals surface area (Å²) in [6, 6.07) is 11.9. The number of rotatable bonds is 8. The van der Waals surface area contributed by atoms with Crippen molar-refractivity contribution in [2.45, 2.75) is 45.8 Å². The second kappa shape index (κ2) is 9.89. The molecule has 0 fully saturated rings. The minimum atomic E-state index is -2.52. The smallest absolute Gasteiger partial charge is 0.272 e. The first-order valence-electron chi connectivity index (χ1n) is 10.1. The van der Waals surface area contributed by atoms with Crippen LogP contribution >= 0.6 is 0 Å². The number of ether oxygens (including phenoxy) is 2. The Hall–Kier alpha value is -2.67. The molecule has 1 N–H and O–H groups in total. The fraction of sp³-hybridized carbons (Fsp3) is 0.435. The predicted octanol–water partition coefficient (Wildman–Crippen LogP) is 4.09. The van der Waals surface area contributed by atoms with Gasteiger partial charge in [-0.3, -0.25) is 9.69 Å². The van der Waals surface area contributed by atoms with Gasteiger partial charge in [0.05, 0.1) is 13.2 Å². The van der Waals surface area contributed by atoms with Crippen molar-refractivity contribution in [2.75, 3.05) is 20.3 Å². The Morgan fingerprint density at radius 1 is 1.20 bits per heavy atom. The Morgan fingerprint density at radius 2 is 1.93 bits per heavy atom. The SMILES string of the molecule is COc1c(OCC(F)F)ccc2c1CCN(Cc1ccc([C@H](C)NC(C)=O)cc1)C2. The van der Waals surface area contributed by atoms with E-state index < -0.39 is 13.0 Å².